The van der Waals surface area contributed by atoms with Gasteiger partial charge in [0, 0.05) is 16.7 Å². The molecule has 8 rings (SSSR count). The topological polar surface area (TPSA) is 38.7 Å². The molecule has 42 heavy (non-hydrogen) atoms. The Bertz CT molecular complexity index is 2160. The SMILES string of the molecule is c1ccc(-c2nc(-c3ccccc3)nc(-c3ccc(-c4cccc5ccc6ccc7ccccc7c6c45)cc3)n2)cc1. The predicted molar refractivity (Wildman–Crippen MR) is 174 cm³/mol. The number of rotatable bonds is 4. The van der Waals surface area contributed by atoms with Gasteiger partial charge in [-0.3, -0.25) is 0 Å². The van der Waals surface area contributed by atoms with Crippen LogP contribution in [0.3, 0.4) is 0 Å². The van der Waals surface area contributed by atoms with Gasteiger partial charge in [-0.2, -0.15) is 0 Å². The summed E-state index contributed by atoms with van der Waals surface area (Å²) in [5, 5.41) is 7.58. The molecular weight excluding hydrogens is 510 g/mol. The molecule has 0 aliphatic carbocycles. The van der Waals surface area contributed by atoms with Crippen LogP contribution in [0.4, 0.5) is 0 Å². The first kappa shape index (κ1) is 24.2. The number of nitrogens with zero attached hydrogens (tertiary/aromatic N) is 3. The molecule has 7 aromatic carbocycles. The van der Waals surface area contributed by atoms with E-state index in [4.69, 9.17) is 15.0 Å². The van der Waals surface area contributed by atoms with Crippen LogP contribution < -0.4 is 0 Å². The summed E-state index contributed by atoms with van der Waals surface area (Å²) >= 11 is 0. The highest BCUT2D eigenvalue weighted by atomic mass is 15.0. The zero-order valence-electron chi connectivity index (χ0n) is 22.8. The fourth-order valence-corrected chi connectivity index (χ4v) is 5.85. The van der Waals surface area contributed by atoms with E-state index in [1.165, 1.54) is 37.9 Å². The van der Waals surface area contributed by atoms with E-state index in [9.17, 15) is 0 Å². The van der Waals surface area contributed by atoms with Crippen molar-refractivity contribution in [2.45, 2.75) is 0 Å². The average molecular weight is 536 g/mol. The summed E-state index contributed by atoms with van der Waals surface area (Å²) in [5.74, 6) is 1.98. The molecule has 0 unspecified atom stereocenters. The van der Waals surface area contributed by atoms with Gasteiger partial charge in [0.05, 0.1) is 0 Å². The molecule has 3 nitrogen and oxygen atoms in total. The van der Waals surface area contributed by atoms with E-state index >= 15 is 0 Å². The molecule has 3 heteroatoms. The van der Waals surface area contributed by atoms with Crippen LogP contribution in [-0.2, 0) is 0 Å². The summed E-state index contributed by atoms with van der Waals surface area (Å²) in [6.45, 7) is 0. The molecule has 0 aliphatic heterocycles. The second-order valence-corrected chi connectivity index (χ2v) is 10.5. The van der Waals surface area contributed by atoms with Gasteiger partial charge in [-0.1, -0.05) is 152 Å². The van der Waals surface area contributed by atoms with Crippen LogP contribution in [-0.4, -0.2) is 15.0 Å². The smallest absolute Gasteiger partial charge is 0.164 e. The molecule has 0 spiro atoms. The Morgan fingerprint density at radius 1 is 0.286 bits per heavy atom. The standard InChI is InChI=1S/C39H25N3/c1-3-11-30(12-4-1)37-40-38(31-13-5-2-6-14-31)42-39(41-37)32-24-19-27(20-25-32)34-17-9-15-28-22-23-29-21-18-26-10-7-8-16-33(26)36(29)35(28)34/h1-25H. The van der Waals surface area contributed by atoms with E-state index in [2.05, 4.69) is 91.0 Å². The molecule has 8 aromatic rings. The second kappa shape index (κ2) is 10.1. The van der Waals surface area contributed by atoms with Crippen molar-refractivity contribution in [1.82, 2.24) is 15.0 Å². The van der Waals surface area contributed by atoms with Gasteiger partial charge in [-0.25, -0.2) is 15.0 Å². The van der Waals surface area contributed by atoms with Crippen molar-refractivity contribution in [3.63, 3.8) is 0 Å². The van der Waals surface area contributed by atoms with Crippen molar-refractivity contribution in [1.29, 1.82) is 0 Å². The third-order valence-corrected chi connectivity index (χ3v) is 7.90. The molecular formula is C39H25N3. The zero-order valence-corrected chi connectivity index (χ0v) is 22.8. The quantitative estimate of drug-likeness (QED) is 0.211. The molecule has 0 atom stereocenters. The summed E-state index contributed by atoms with van der Waals surface area (Å²) in [6.07, 6.45) is 0. The number of hydrogen-bond acceptors (Lipinski definition) is 3. The van der Waals surface area contributed by atoms with E-state index in [1.54, 1.807) is 0 Å². The van der Waals surface area contributed by atoms with Crippen molar-refractivity contribution < 1.29 is 0 Å². The monoisotopic (exact) mass is 535 g/mol. The van der Waals surface area contributed by atoms with Gasteiger partial charge < -0.3 is 0 Å². The van der Waals surface area contributed by atoms with Gasteiger partial charge in [0.15, 0.2) is 17.5 Å². The van der Waals surface area contributed by atoms with E-state index in [1.807, 2.05) is 60.7 Å². The third-order valence-electron chi connectivity index (χ3n) is 7.90. The first-order valence-corrected chi connectivity index (χ1v) is 14.1. The molecule has 196 valence electrons. The lowest BCUT2D eigenvalue weighted by Gasteiger charge is -2.13. The minimum Gasteiger partial charge on any atom is -0.208 e. The van der Waals surface area contributed by atoms with Crippen molar-refractivity contribution in [2.75, 3.05) is 0 Å². The number of hydrogen-bond donors (Lipinski definition) is 0. The molecule has 0 amide bonds. The largest absolute Gasteiger partial charge is 0.208 e. The fourth-order valence-electron chi connectivity index (χ4n) is 5.85. The molecule has 0 fully saturated rings. The molecule has 0 N–H and O–H groups in total. The van der Waals surface area contributed by atoms with E-state index < -0.39 is 0 Å². The maximum absolute atomic E-state index is 4.90. The molecule has 0 radical (unpaired) electrons. The summed E-state index contributed by atoms with van der Waals surface area (Å²) in [5.41, 5.74) is 5.25. The Morgan fingerprint density at radius 3 is 1.36 bits per heavy atom. The summed E-state index contributed by atoms with van der Waals surface area (Å²) in [4.78, 5) is 14.6. The van der Waals surface area contributed by atoms with Crippen LogP contribution in [0.2, 0.25) is 0 Å². The maximum atomic E-state index is 4.90. The van der Waals surface area contributed by atoms with Gasteiger partial charge >= 0.3 is 0 Å². The lowest BCUT2D eigenvalue weighted by atomic mass is 9.91. The lowest BCUT2D eigenvalue weighted by molar-refractivity contribution is 1.07. The normalized spacial score (nSPS) is 11.3. The van der Waals surface area contributed by atoms with Crippen LogP contribution in [0.1, 0.15) is 0 Å². The fraction of sp³-hybridized carbons (Fsp3) is 0. The molecule has 0 aliphatic rings. The van der Waals surface area contributed by atoms with Crippen LogP contribution in [0.5, 0.6) is 0 Å². The second-order valence-electron chi connectivity index (χ2n) is 10.5. The lowest BCUT2D eigenvalue weighted by Crippen LogP contribution is -2.00. The minimum absolute atomic E-state index is 0.656. The molecule has 1 aromatic heterocycles. The van der Waals surface area contributed by atoms with E-state index in [-0.39, 0.29) is 0 Å². The highest BCUT2D eigenvalue weighted by Crippen LogP contribution is 2.38. The number of aromatic nitrogens is 3. The molecule has 1 heterocycles. The minimum atomic E-state index is 0.656. The van der Waals surface area contributed by atoms with Gasteiger partial charge in [0.1, 0.15) is 0 Å². The Labute approximate surface area is 243 Å². The highest BCUT2D eigenvalue weighted by Gasteiger charge is 2.14. The van der Waals surface area contributed by atoms with Crippen LogP contribution in [0, 0.1) is 0 Å². The van der Waals surface area contributed by atoms with Crippen molar-refractivity contribution in [3.05, 3.63) is 152 Å². The van der Waals surface area contributed by atoms with Gasteiger partial charge in [-0.15, -0.1) is 0 Å². The van der Waals surface area contributed by atoms with E-state index in [0.29, 0.717) is 17.5 Å². The van der Waals surface area contributed by atoms with Gasteiger partial charge in [-0.05, 0) is 43.4 Å². The maximum Gasteiger partial charge on any atom is 0.164 e. The van der Waals surface area contributed by atoms with Crippen LogP contribution in [0.25, 0.3) is 77.6 Å². The van der Waals surface area contributed by atoms with Crippen molar-refractivity contribution in [3.8, 4) is 45.3 Å². The molecule has 0 bridgehead atoms. The highest BCUT2D eigenvalue weighted by molar-refractivity contribution is 6.23. The molecule has 0 saturated carbocycles. The first-order chi connectivity index (χ1) is 20.8. The van der Waals surface area contributed by atoms with E-state index in [0.717, 1.165) is 22.3 Å². The third kappa shape index (κ3) is 4.20. The van der Waals surface area contributed by atoms with Crippen LogP contribution in [0.15, 0.2) is 152 Å². The summed E-state index contributed by atoms with van der Waals surface area (Å²) in [6, 6.07) is 52.9. The van der Waals surface area contributed by atoms with Crippen molar-refractivity contribution in [2.24, 2.45) is 0 Å². The number of benzene rings is 7. The van der Waals surface area contributed by atoms with Crippen LogP contribution >= 0.6 is 0 Å². The Kier molecular flexibility index (Phi) is 5.79. The average Bonchev–Trinajstić information content (AvgIpc) is 3.08. The zero-order chi connectivity index (χ0) is 27.9. The Hall–Kier alpha value is -5.67. The molecule has 0 saturated heterocycles. The first-order valence-electron chi connectivity index (χ1n) is 14.1. The Balaban J connectivity index is 1.28. The van der Waals surface area contributed by atoms with Gasteiger partial charge in [0.2, 0.25) is 0 Å². The van der Waals surface area contributed by atoms with Gasteiger partial charge in [0.25, 0.3) is 0 Å². The van der Waals surface area contributed by atoms with Crippen molar-refractivity contribution >= 4 is 32.3 Å². The summed E-state index contributed by atoms with van der Waals surface area (Å²) < 4.78 is 0. The Morgan fingerprint density at radius 2 is 0.738 bits per heavy atom. The predicted octanol–water partition coefficient (Wildman–Crippen LogP) is 10.00. The summed E-state index contributed by atoms with van der Waals surface area (Å²) in [7, 11) is 0. The number of fused-ring (bicyclic) bond motifs is 5.